The van der Waals surface area contributed by atoms with Crippen LogP contribution in [-0.4, -0.2) is 17.6 Å². The van der Waals surface area contributed by atoms with Gasteiger partial charge in [-0.05, 0) is 48.9 Å². The van der Waals surface area contributed by atoms with Crippen molar-refractivity contribution in [2.75, 3.05) is 16.0 Å². The number of amides is 2. The molecule has 0 bridgehead atoms. The van der Waals surface area contributed by atoms with E-state index in [4.69, 9.17) is 0 Å². The number of halogens is 1. The predicted molar refractivity (Wildman–Crippen MR) is 115 cm³/mol. The van der Waals surface area contributed by atoms with E-state index >= 15 is 0 Å². The minimum atomic E-state index is -0.566. The highest BCUT2D eigenvalue weighted by atomic mass is 32.2. The average Bonchev–Trinajstić information content (AvgIpc) is 3.10. The number of carbonyl (C=O) groups is 2. The van der Waals surface area contributed by atoms with Gasteiger partial charge < -0.3 is 5.32 Å². The molecule has 1 aliphatic heterocycles. The van der Waals surface area contributed by atoms with Gasteiger partial charge in [0.05, 0.1) is 11.3 Å². The van der Waals surface area contributed by atoms with E-state index in [2.05, 4.69) is 5.32 Å². The van der Waals surface area contributed by atoms with Gasteiger partial charge in [0.1, 0.15) is 11.2 Å². The first-order chi connectivity index (χ1) is 14.0. The van der Waals surface area contributed by atoms with Crippen LogP contribution in [0, 0.1) is 12.7 Å². The molecule has 1 N–H and O–H groups in total. The molecule has 4 rings (SSSR count). The summed E-state index contributed by atoms with van der Waals surface area (Å²) in [6, 6.07) is 21.0. The Morgan fingerprint density at radius 1 is 1.07 bits per heavy atom. The van der Waals surface area contributed by atoms with Crippen molar-refractivity contribution in [1.82, 2.24) is 0 Å². The van der Waals surface area contributed by atoms with Crippen LogP contribution in [0.4, 0.5) is 15.8 Å². The molecule has 146 valence electrons. The van der Waals surface area contributed by atoms with Crippen molar-refractivity contribution in [1.29, 1.82) is 0 Å². The van der Waals surface area contributed by atoms with Crippen molar-refractivity contribution in [3.63, 3.8) is 0 Å². The monoisotopic (exact) mass is 406 g/mol. The summed E-state index contributed by atoms with van der Waals surface area (Å²) in [4.78, 5) is 26.7. The van der Waals surface area contributed by atoms with Crippen LogP contribution in [0.2, 0.25) is 0 Å². The highest BCUT2D eigenvalue weighted by Gasteiger charge is 2.34. The fourth-order valence-electron chi connectivity index (χ4n) is 3.27. The van der Waals surface area contributed by atoms with Crippen LogP contribution in [0.1, 0.15) is 26.9 Å². The Hall–Kier alpha value is -3.12. The molecular formula is C23H19FN2O2S. The predicted octanol–water partition coefficient (Wildman–Crippen LogP) is 5.17. The van der Waals surface area contributed by atoms with Crippen molar-refractivity contribution < 1.29 is 14.0 Å². The van der Waals surface area contributed by atoms with Gasteiger partial charge in [-0.3, -0.25) is 14.5 Å². The third-order valence-electron chi connectivity index (χ3n) is 4.73. The highest BCUT2D eigenvalue weighted by Crippen LogP contribution is 2.42. The minimum absolute atomic E-state index is 0.00963. The quantitative estimate of drug-likeness (QED) is 0.651. The maximum absolute atomic E-state index is 13.9. The van der Waals surface area contributed by atoms with Gasteiger partial charge in [0.15, 0.2) is 0 Å². The van der Waals surface area contributed by atoms with Gasteiger partial charge in [0.2, 0.25) is 5.91 Å². The van der Waals surface area contributed by atoms with E-state index in [1.54, 1.807) is 34.9 Å². The number of nitrogens with zero attached hydrogens (tertiary/aromatic N) is 1. The molecule has 1 aliphatic rings. The summed E-state index contributed by atoms with van der Waals surface area (Å²) in [7, 11) is 0. The number of nitrogens with one attached hydrogen (secondary N) is 1. The van der Waals surface area contributed by atoms with Crippen LogP contribution < -0.4 is 10.2 Å². The molecule has 0 radical (unpaired) electrons. The van der Waals surface area contributed by atoms with E-state index in [-0.39, 0.29) is 16.8 Å². The van der Waals surface area contributed by atoms with Gasteiger partial charge in [-0.1, -0.05) is 42.0 Å². The second-order valence-electron chi connectivity index (χ2n) is 6.82. The molecule has 0 unspecified atom stereocenters. The first-order valence-electron chi connectivity index (χ1n) is 9.19. The molecule has 0 aliphatic carbocycles. The van der Waals surface area contributed by atoms with E-state index in [0.717, 1.165) is 16.8 Å². The average molecular weight is 406 g/mol. The molecule has 1 atom stereocenters. The van der Waals surface area contributed by atoms with Crippen molar-refractivity contribution in [2.45, 2.75) is 12.3 Å². The Labute approximate surface area is 172 Å². The zero-order valence-corrected chi connectivity index (χ0v) is 16.6. The third kappa shape index (κ3) is 4.03. The first-order valence-corrected chi connectivity index (χ1v) is 10.2. The van der Waals surface area contributed by atoms with Crippen LogP contribution in [0.5, 0.6) is 0 Å². The summed E-state index contributed by atoms with van der Waals surface area (Å²) in [5.74, 6) is -0.635. The second-order valence-corrected chi connectivity index (χ2v) is 7.89. The maximum atomic E-state index is 13.9. The molecule has 1 fully saturated rings. The normalized spacial score (nSPS) is 16.1. The fourth-order valence-corrected chi connectivity index (χ4v) is 4.44. The maximum Gasteiger partial charge on any atom is 0.258 e. The second kappa shape index (κ2) is 8.09. The zero-order valence-electron chi connectivity index (χ0n) is 15.8. The van der Waals surface area contributed by atoms with Crippen LogP contribution in [0.15, 0.2) is 72.8 Å². The lowest BCUT2D eigenvalue weighted by Crippen LogP contribution is -2.27. The zero-order chi connectivity index (χ0) is 20.4. The lowest BCUT2D eigenvalue weighted by Gasteiger charge is -2.25. The summed E-state index contributed by atoms with van der Waals surface area (Å²) in [6.45, 7) is 2.00. The molecular weight excluding hydrogens is 387 g/mol. The van der Waals surface area contributed by atoms with Crippen molar-refractivity contribution in [2.24, 2.45) is 0 Å². The standard InChI is InChI=1S/C23H19FN2O2S/c1-15-9-11-18(12-10-15)26-21(27)14-29-23(26)16-5-4-6-17(13-16)25-22(28)19-7-2-3-8-20(19)24/h2-13,23H,14H2,1H3,(H,25,28)/t23-/m0/s1. The topological polar surface area (TPSA) is 49.4 Å². The van der Waals surface area contributed by atoms with E-state index in [1.807, 2.05) is 49.4 Å². The molecule has 1 heterocycles. The Balaban J connectivity index is 1.59. The summed E-state index contributed by atoms with van der Waals surface area (Å²) < 4.78 is 13.9. The number of thioether (sulfide) groups is 1. The molecule has 0 saturated carbocycles. The number of benzene rings is 3. The number of carbonyl (C=O) groups excluding carboxylic acids is 2. The number of hydrogen-bond donors (Lipinski definition) is 1. The highest BCUT2D eigenvalue weighted by molar-refractivity contribution is 8.00. The van der Waals surface area contributed by atoms with Gasteiger partial charge in [-0.15, -0.1) is 11.8 Å². The lowest BCUT2D eigenvalue weighted by atomic mass is 10.1. The molecule has 3 aromatic carbocycles. The number of rotatable bonds is 4. The van der Waals surface area contributed by atoms with E-state index < -0.39 is 11.7 Å². The van der Waals surface area contributed by atoms with Gasteiger partial charge >= 0.3 is 0 Å². The van der Waals surface area contributed by atoms with Gasteiger partial charge in [0.25, 0.3) is 5.91 Å². The molecule has 4 nitrogen and oxygen atoms in total. The van der Waals surface area contributed by atoms with Crippen LogP contribution in [0.25, 0.3) is 0 Å². The van der Waals surface area contributed by atoms with E-state index in [9.17, 15) is 14.0 Å². The van der Waals surface area contributed by atoms with Crippen LogP contribution in [-0.2, 0) is 4.79 Å². The molecule has 1 saturated heterocycles. The first kappa shape index (κ1) is 19.2. The molecule has 6 heteroatoms. The largest absolute Gasteiger partial charge is 0.322 e. The minimum Gasteiger partial charge on any atom is -0.322 e. The smallest absolute Gasteiger partial charge is 0.258 e. The summed E-state index contributed by atoms with van der Waals surface area (Å²) in [6.07, 6.45) is 0. The van der Waals surface area contributed by atoms with E-state index in [0.29, 0.717) is 11.4 Å². The Bertz CT molecular complexity index is 1070. The number of aryl methyl sites for hydroxylation is 1. The summed E-state index contributed by atoms with van der Waals surface area (Å²) in [5, 5.41) is 2.56. The van der Waals surface area contributed by atoms with E-state index in [1.165, 1.54) is 12.1 Å². The van der Waals surface area contributed by atoms with Crippen molar-refractivity contribution >= 4 is 35.0 Å². The fraction of sp³-hybridized carbons (Fsp3) is 0.130. The van der Waals surface area contributed by atoms with Gasteiger partial charge in [-0.25, -0.2) is 4.39 Å². The Kier molecular flexibility index (Phi) is 5.36. The van der Waals surface area contributed by atoms with Gasteiger partial charge in [-0.2, -0.15) is 0 Å². The van der Waals surface area contributed by atoms with Crippen molar-refractivity contribution in [3.8, 4) is 0 Å². The van der Waals surface area contributed by atoms with Crippen LogP contribution >= 0.6 is 11.8 Å². The number of hydrogen-bond acceptors (Lipinski definition) is 3. The Morgan fingerprint density at radius 3 is 2.59 bits per heavy atom. The summed E-state index contributed by atoms with van der Waals surface area (Å²) in [5.41, 5.74) is 3.41. The lowest BCUT2D eigenvalue weighted by molar-refractivity contribution is -0.115. The van der Waals surface area contributed by atoms with Crippen molar-refractivity contribution in [3.05, 3.63) is 95.3 Å². The summed E-state index contributed by atoms with van der Waals surface area (Å²) >= 11 is 1.54. The molecule has 3 aromatic rings. The third-order valence-corrected chi connectivity index (χ3v) is 5.94. The SMILES string of the molecule is Cc1ccc(N2C(=O)CS[C@H]2c2cccc(NC(=O)c3ccccc3F)c2)cc1. The van der Waals surface area contributed by atoms with Gasteiger partial charge in [0, 0.05) is 11.4 Å². The molecule has 0 aromatic heterocycles. The van der Waals surface area contributed by atoms with Crippen LogP contribution in [0.3, 0.4) is 0 Å². The number of anilines is 2. The molecule has 29 heavy (non-hydrogen) atoms. The molecule has 2 amide bonds. The molecule has 0 spiro atoms. The Morgan fingerprint density at radius 2 is 1.83 bits per heavy atom.